The Labute approximate surface area is 128 Å². The standard InChI is InChI=1S/C17H15N3O2/c21-16-10-11-17(22)20(16)12-18-13-6-8-15(9-7-13)19-14-4-2-1-3-5-14/h1-11,18-19H,12H2. The van der Waals surface area contributed by atoms with E-state index in [9.17, 15) is 9.59 Å². The summed E-state index contributed by atoms with van der Waals surface area (Å²) in [7, 11) is 0. The average Bonchev–Trinajstić information content (AvgIpc) is 2.86. The maximum absolute atomic E-state index is 11.4. The highest BCUT2D eigenvalue weighted by Gasteiger charge is 2.22. The molecule has 0 aliphatic carbocycles. The number of nitrogens with zero attached hydrogens (tertiary/aromatic N) is 1. The highest BCUT2D eigenvalue weighted by atomic mass is 16.2. The summed E-state index contributed by atoms with van der Waals surface area (Å²) in [5.74, 6) is -0.584. The maximum Gasteiger partial charge on any atom is 0.255 e. The van der Waals surface area contributed by atoms with Crippen LogP contribution in [-0.4, -0.2) is 23.4 Å². The number of para-hydroxylation sites is 1. The quantitative estimate of drug-likeness (QED) is 0.832. The fraction of sp³-hybridized carbons (Fsp3) is 0.0588. The second-order valence-corrected chi connectivity index (χ2v) is 4.84. The lowest BCUT2D eigenvalue weighted by molar-refractivity contribution is -0.136. The molecular weight excluding hydrogens is 278 g/mol. The van der Waals surface area contributed by atoms with Gasteiger partial charge in [-0.1, -0.05) is 18.2 Å². The molecule has 0 unspecified atom stereocenters. The summed E-state index contributed by atoms with van der Waals surface area (Å²) >= 11 is 0. The number of rotatable bonds is 5. The van der Waals surface area contributed by atoms with Gasteiger partial charge in [-0.15, -0.1) is 0 Å². The Morgan fingerprint density at radius 2 is 1.27 bits per heavy atom. The van der Waals surface area contributed by atoms with Crippen LogP contribution >= 0.6 is 0 Å². The zero-order valence-electron chi connectivity index (χ0n) is 11.8. The van der Waals surface area contributed by atoms with E-state index in [0.717, 1.165) is 22.0 Å². The third-order valence-electron chi connectivity index (χ3n) is 3.29. The fourth-order valence-electron chi connectivity index (χ4n) is 2.12. The normalized spacial score (nSPS) is 13.5. The predicted octanol–water partition coefficient (Wildman–Crippen LogP) is 2.72. The summed E-state index contributed by atoms with van der Waals surface area (Å²) in [5, 5.41) is 6.34. The lowest BCUT2D eigenvalue weighted by atomic mass is 10.2. The van der Waals surface area contributed by atoms with Gasteiger partial charge in [0.1, 0.15) is 0 Å². The van der Waals surface area contributed by atoms with Gasteiger partial charge in [-0.05, 0) is 36.4 Å². The van der Waals surface area contributed by atoms with Gasteiger partial charge in [0.05, 0.1) is 6.67 Å². The van der Waals surface area contributed by atoms with Crippen molar-refractivity contribution in [1.29, 1.82) is 0 Å². The topological polar surface area (TPSA) is 61.4 Å². The molecule has 1 aliphatic heterocycles. The van der Waals surface area contributed by atoms with Crippen LogP contribution in [0.5, 0.6) is 0 Å². The van der Waals surface area contributed by atoms with Gasteiger partial charge in [-0.25, -0.2) is 0 Å². The van der Waals surface area contributed by atoms with Crippen LogP contribution in [0.1, 0.15) is 0 Å². The van der Waals surface area contributed by atoms with Crippen molar-refractivity contribution < 1.29 is 9.59 Å². The van der Waals surface area contributed by atoms with Crippen molar-refractivity contribution in [3.8, 4) is 0 Å². The molecule has 0 saturated heterocycles. The molecule has 0 saturated carbocycles. The zero-order chi connectivity index (χ0) is 15.4. The first kappa shape index (κ1) is 13.9. The lowest BCUT2D eigenvalue weighted by Gasteiger charge is -2.15. The van der Waals surface area contributed by atoms with Gasteiger partial charge in [0, 0.05) is 29.2 Å². The Morgan fingerprint density at radius 1 is 0.727 bits per heavy atom. The van der Waals surface area contributed by atoms with Gasteiger partial charge in [-0.2, -0.15) is 0 Å². The third kappa shape index (κ3) is 3.15. The van der Waals surface area contributed by atoms with Crippen molar-refractivity contribution in [2.45, 2.75) is 0 Å². The van der Waals surface area contributed by atoms with Gasteiger partial charge in [-0.3, -0.25) is 14.5 Å². The molecule has 2 N–H and O–H groups in total. The second kappa shape index (κ2) is 6.13. The summed E-state index contributed by atoms with van der Waals surface area (Å²) in [4.78, 5) is 24.0. The fourth-order valence-corrected chi connectivity index (χ4v) is 2.12. The van der Waals surface area contributed by atoms with Crippen LogP contribution in [0.4, 0.5) is 17.1 Å². The molecule has 1 heterocycles. The van der Waals surface area contributed by atoms with Crippen molar-refractivity contribution >= 4 is 28.9 Å². The first-order chi connectivity index (χ1) is 10.7. The molecule has 5 heteroatoms. The number of hydrogen-bond donors (Lipinski definition) is 2. The zero-order valence-corrected chi connectivity index (χ0v) is 11.8. The van der Waals surface area contributed by atoms with E-state index < -0.39 is 0 Å². The highest BCUT2D eigenvalue weighted by Crippen LogP contribution is 2.18. The van der Waals surface area contributed by atoms with Crippen LogP contribution in [0, 0.1) is 0 Å². The van der Waals surface area contributed by atoms with Crippen LogP contribution in [0.2, 0.25) is 0 Å². The smallest absolute Gasteiger partial charge is 0.255 e. The molecule has 1 aliphatic rings. The van der Waals surface area contributed by atoms with E-state index >= 15 is 0 Å². The monoisotopic (exact) mass is 293 g/mol. The Balaban J connectivity index is 1.58. The Bertz CT molecular complexity index is 690. The van der Waals surface area contributed by atoms with Gasteiger partial charge in [0.2, 0.25) is 0 Å². The molecule has 0 atom stereocenters. The van der Waals surface area contributed by atoms with E-state index in [2.05, 4.69) is 10.6 Å². The molecule has 2 aromatic carbocycles. The molecular formula is C17H15N3O2. The molecule has 22 heavy (non-hydrogen) atoms. The minimum absolute atomic E-state index is 0.163. The third-order valence-corrected chi connectivity index (χ3v) is 3.29. The van der Waals surface area contributed by atoms with Crippen molar-refractivity contribution in [2.24, 2.45) is 0 Å². The Kier molecular flexibility index (Phi) is 3.87. The van der Waals surface area contributed by atoms with Gasteiger partial charge in [0.25, 0.3) is 11.8 Å². The predicted molar refractivity (Wildman–Crippen MR) is 85.6 cm³/mol. The van der Waals surface area contributed by atoms with Crippen LogP contribution in [0.15, 0.2) is 66.7 Å². The van der Waals surface area contributed by atoms with Crippen LogP contribution in [0.3, 0.4) is 0 Å². The molecule has 0 aromatic heterocycles. The van der Waals surface area contributed by atoms with Crippen LogP contribution in [0.25, 0.3) is 0 Å². The van der Waals surface area contributed by atoms with Gasteiger partial charge in [0.15, 0.2) is 0 Å². The molecule has 0 fully saturated rings. The summed E-state index contributed by atoms with van der Waals surface area (Å²) in [6.07, 6.45) is 2.55. The number of benzene rings is 2. The largest absolute Gasteiger partial charge is 0.367 e. The molecule has 2 aromatic rings. The first-order valence-corrected chi connectivity index (χ1v) is 6.92. The number of imide groups is 1. The average molecular weight is 293 g/mol. The Hall–Kier alpha value is -3.08. The van der Waals surface area contributed by atoms with E-state index in [-0.39, 0.29) is 18.5 Å². The number of carbonyl (C=O) groups excluding carboxylic acids is 2. The van der Waals surface area contributed by atoms with Crippen molar-refractivity contribution in [3.63, 3.8) is 0 Å². The second-order valence-electron chi connectivity index (χ2n) is 4.84. The van der Waals surface area contributed by atoms with Gasteiger partial charge >= 0.3 is 0 Å². The number of anilines is 3. The summed E-state index contributed by atoms with van der Waals surface area (Å²) in [6, 6.07) is 17.5. The molecule has 110 valence electrons. The summed E-state index contributed by atoms with van der Waals surface area (Å²) in [6.45, 7) is 0.163. The molecule has 0 spiro atoms. The SMILES string of the molecule is O=C1C=CC(=O)N1CNc1ccc(Nc2ccccc2)cc1. The van der Waals surface area contributed by atoms with Crippen LogP contribution in [-0.2, 0) is 9.59 Å². The first-order valence-electron chi connectivity index (χ1n) is 6.92. The molecule has 5 nitrogen and oxygen atoms in total. The number of nitrogens with one attached hydrogen (secondary N) is 2. The molecule has 0 bridgehead atoms. The summed E-state index contributed by atoms with van der Waals surface area (Å²) < 4.78 is 0. The number of carbonyl (C=O) groups is 2. The Morgan fingerprint density at radius 3 is 1.91 bits per heavy atom. The van der Waals surface area contributed by atoms with Crippen LogP contribution < -0.4 is 10.6 Å². The van der Waals surface area contributed by atoms with E-state index in [1.807, 2.05) is 54.6 Å². The highest BCUT2D eigenvalue weighted by molar-refractivity contribution is 6.12. The van der Waals surface area contributed by atoms with Gasteiger partial charge < -0.3 is 10.6 Å². The van der Waals surface area contributed by atoms with E-state index in [1.165, 1.54) is 12.2 Å². The van der Waals surface area contributed by atoms with E-state index in [1.54, 1.807) is 0 Å². The molecule has 3 rings (SSSR count). The minimum Gasteiger partial charge on any atom is -0.367 e. The van der Waals surface area contributed by atoms with E-state index in [0.29, 0.717) is 0 Å². The molecule has 2 amide bonds. The van der Waals surface area contributed by atoms with Crippen molar-refractivity contribution in [2.75, 3.05) is 17.3 Å². The maximum atomic E-state index is 11.4. The van der Waals surface area contributed by atoms with Crippen molar-refractivity contribution in [3.05, 3.63) is 66.7 Å². The van der Waals surface area contributed by atoms with Crippen molar-refractivity contribution in [1.82, 2.24) is 4.90 Å². The minimum atomic E-state index is -0.292. The summed E-state index contributed by atoms with van der Waals surface area (Å²) in [5.41, 5.74) is 2.82. The lowest BCUT2D eigenvalue weighted by Crippen LogP contribution is -2.34. The molecule has 0 radical (unpaired) electrons. The van der Waals surface area contributed by atoms with E-state index in [4.69, 9.17) is 0 Å². The number of amides is 2. The number of hydrogen-bond acceptors (Lipinski definition) is 4.